The van der Waals surface area contributed by atoms with E-state index in [1.54, 1.807) is 7.11 Å². The summed E-state index contributed by atoms with van der Waals surface area (Å²) in [5.74, 6) is 0. The minimum Gasteiger partial charge on any atom is -0.383 e. The second-order valence-electron chi connectivity index (χ2n) is 4.04. The van der Waals surface area contributed by atoms with Gasteiger partial charge in [0.25, 0.3) is 0 Å². The first kappa shape index (κ1) is 10.0. The van der Waals surface area contributed by atoms with Crippen LogP contribution < -0.4 is 0 Å². The van der Waals surface area contributed by atoms with Crippen molar-refractivity contribution in [2.24, 2.45) is 0 Å². The molecule has 0 radical (unpaired) electrons. The number of methoxy groups -OCH3 is 1. The fourth-order valence-corrected chi connectivity index (χ4v) is 2.18. The molecule has 2 nitrogen and oxygen atoms in total. The van der Waals surface area contributed by atoms with Crippen LogP contribution in [0.15, 0.2) is 0 Å². The molecule has 0 bridgehead atoms. The molecule has 1 rings (SSSR count). The fourth-order valence-electron chi connectivity index (χ4n) is 2.18. The fraction of sp³-hybridized carbons (Fsp3) is 1.00. The lowest BCUT2D eigenvalue weighted by Crippen LogP contribution is -2.44. The van der Waals surface area contributed by atoms with Gasteiger partial charge in [-0.3, -0.25) is 4.90 Å². The van der Waals surface area contributed by atoms with Crippen LogP contribution in [0.2, 0.25) is 0 Å². The Labute approximate surface area is 75.9 Å². The highest BCUT2D eigenvalue weighted by atomic mass is 16.5. The summed E-state index contributed by atoms with van der Waals surface area (Å²) in [6.07, 6.45) is 2.62. The van der Waals surface area contributed by atoms with Crippen LogP contribution >= 0.6 is 0 Å². The molecule has 0 aromatic carbocycles. The van der Waals surface area contributed by atoms with Crippen LogP contribution in [0.4, 0.5) is 0 Å². The van der Waals surface area contributed by atoms with Crippen LogP contribution in [0.5, 0.6) is 0 Å². The molecule has 0 unspecified atom stereocenters. The molecule has 0 aromatic rings. The highest BCUT2D eigenvalue weighted by Crippen LogP contribution is 2.42. The summed E-state index contributed by atoms with van der Waals surface area (Å²) < 4.78 is 5.26. The van der Waals surface area contributed by atoms with Crippen molar-refractivity contribution >= 4 is 0 Å². The third-order valence-corrected chi connectivity index (χ3v) is 2.81. The number of ether oxygens (including phenoxy) is 1. The van der Waals surface area contributed by atoms with Crippen LogP contribution in [-0.2, 0) is 4.74 Å². The maximum Gasteiger partial charge on any atom is 0.0646 e. The Bertz CT molecular complexity index is 141. The lowest BCUT2D eigenvalue weighted by molar-refractivity contribution is 0.0582. The van der Waals surface area contributed by atoms with Gasteiger partial charge in [0.2, 0.25) is 0 Å². The predicted molar refractivity (Wildman–Crippen MR) is 51.4 cm³/mol. The second kappa shape index (κ2) is 3.75. The van der Waals surface area contributed by atoms with Gasteiger partial charge in [0.15, 0.2) is 0 Å². The Kier molecular flexibility index (Phi) is 3.13. The van der Waals surface area contributed by atoms with Crippen LogP contribution in [0, 0.1) is 0 Å². The molecule has 1 aliphatic carbocycles. The summed E-state index contributed by atoms with van der Waals surface area (Å²) in [6.45, 7) is 8.80. The van der Waals surface area contributed by atoms with Gasteiger partial charge in [0.1, 0.15) is 0 Å². The van der Waals surface area contributed by atoms with E-state index in [4.69, 9.17) is 4.74 Å². The molecule has 0 atom stereocenters. The molecule has 2 heteroatoms. The van der Waals surface area contributed by atoms with Crippen molar-refractivity contribution in [3.05, 3.63) is 0 Å². The van der Waals surface area contributed by atoms with Crippen molar-refractivity contribution in [1.29, 1.82) is 0 Å². The zero-order valence-corrected chi connectivity index (χ0v) is 8.76. The van der Waals surface area contributed by atoms with E-state index in [1.165, 1.54) is 12.8 Å². The van der Waals surface area contributed by atoms with E-state index in [0.717, 1.165) is 13.2 Å². The summed E-state index contributed by atoms with van der Waals surface area (Å²) in [4.78, 5) is 2.55. The van der Waals surface area contributed by atoms with Gasteiger partial charge in [0.05, 0.1) is 6.61 Å². The largest absolute Gasteiger partial charge is 0.383 e. The van der Waals surface area contributed by atoms with E-state index in [1.807, 2.05) is 0 Å². The van der Waals surface area contributed by atoms with Crippen LogP contribution in [0.3, 0.4) is 0 Å². The van der Waals surface area contributed by atoms with E-state index in [2.05, 4.69) is 25.7 Å². The monoisotopic (exact) mass is 171 g/mol. The van der Waals surface area contributed by atoms with Gasteiger partial charge in [-0.15, -0.1) is 0 Å². The number of hydrogen-bond acceptors (Lipinski definition) is 2. The molecule has 0 aliphatic heterocycles. The average molecular weight is 171 g/mol. The maximum atomic E-state index is 5.26. The molecule has 0 N–H and O–H groups in total. The molecule has 72 valence electrons. The molecule has 0 heterocycles. The van der Waals surface area contributed by atoms with Gasteiger partial charge >= 0.3 is 0 Å². The average Bonchev–Trinajstić information content (AvgIpc) is 2.71. The minimum atomic E-state index is 0.400. The normalized spacial score (nSPS) is 20.5. The van der Waals surface area contributed by atoms with E-state index >= 15 is 0 Å². The van der Waals surface area contributed by atoms with Crippen molar-refractivity contribution in [2.75, 3.05) is 20.3 Å². The van der Waals surface area contributed by atoms with Crippen molar-refractivity contribution < 1.29 is 4.74 Å². The summed E-state index contributed by atoms with van der Waals surface area (Å²) >= 11 is 0. The molecule has 1 fully saturated rings. The number of rotatable bonds is 5. The van der Waals surface area contributed by atoms with Crippen molar-refractivity contribution in [1.82, 2.24) is 4.90 Å². The molecule has 1 aliphatic rings. The molecule has 0 aromatic heterocycles. The van der Waals surface area contributed by atoms with E-state index in [-0.39, 0.29) is 0 Å². The van der Waals surface area contributed by atoms with Crippen molar-refractivity contribution in [3.8, 4) is 0 Å². The quantitative estimate of drug-likeness (QED) is 0.626. The highest BCUT2D eigenvalue weighted by Gasteiger charge is 2.48. The highest BCUT2D eigenvalue weighted by molar-refractivity contribution is 5.04. The van der Waals surface area contributed by atoms with E-state index in [0.29, 0.717) is 11.6 Å². The van der Waals surface area contributed by atoms with Crippen LogP contribution in [-0.4, -0.2) is 36.7 Å². The molecular formula is C10H21NO. The van der Waals surface area contributed by atoms with E-state index in [9.17, 15) is 0 Å². The Morgan fingerprint density at radius 2 is 2.00 bits per heavy atom. The van der Waals surface area contributed by atoms with Gasteiger partial charge in [-0.05, 0) is 33.2 Å². The Balaban J connectivity index is 2.52. The third kappa shape index (κ3) is 1.80. The van der Waals surface area contributed by atoms with Crippen molar-refractivity contribution in [3.63, 3.8) is 0 Å². The SMILES string of the molecule is CCN(C(C)C)C1(COC)CC1. The number of nitrogens with zero attached hydrogens (tertiary/aromatic N) is 1. The smallest absolute Gasteiger partial charge is 0.0646 e. The summed E-state index contributed by atoms with van der Waals surface area (Å²) in [5.41, 5.74) is 0.400. The Morgan fingerprint density at radius 1 is 1.42 bits per heavy atom. The topological polar surface area (TPSA) is 12.5 Å². The molecule has 0 amide bonds. The Morgan fingerprint density at radius 3 is 2.25 bits per heavy atom. The summed E-state index contributed by atoms with van der Waals surface area (Å²) in [5, 5.41) is 0. The van der Waals surface area contributed by atoms with Gasteiger partial charge in [-0.25, -0.2) is 0 Å². The molecule has 0 saturated heterocycles. The lowest BCUT2D eigenvalue weighted by atomic mass is 10.2. The number of likely N-dealkylation sites (N-methyl/N-ethyl adjacent to an activating group) is 1. The van der Waals surface area contributed by atoms with Crippen LogP contribution in [0.1, 0.15) is 33.6 Å². The summed E-state index contributed by atoms with van der Waals surface area (Å²) in [6, 6.07) is 0.646. The maximum absolute atomic E-state index is 5.26. The van der Waals surface area contributed by atoms with Gasteiger partial charge in [0, 0.05) is 18.7 Å². The standard InChI is InChI=1S/C10H21NO/c1-5-11(9(2)3)10(6-7-10)8-12-4/h9H,5-8H2,1-4H3. The van der Waals surface area contributed by atoms with E-state index < -0.39 is 0 Å². The van der Waals surface area contributed by atoms with Crippen LogP contribution in [0.25, 0.3) is 0 Å². The summed E-state index contributed by atoms with van der Waals surface area (Å²) in [7, 11) is 1.80. The first-order valence-corrected chi connectivity index (χ1v) is 4.92. The van der Waals surface area contributed by atoms with Gasteiger partial charge < -0.3 is 4.74 Å². The number of hydrogen-bond donors (Lipinski definition) is 0. The molecular weight excluding hydrogens is 150 g/mol. The predicted octanol–water partition coefficient (Wildman–Crippen LogP) is 1.90. The third-order valence-electron chi connectivity index (χ3n) is 2.81. The zero-order valence-electron chi connectivity index (χ0n) is 8.76. The first-order valence-electron chi connectivity index (χ1n) is 4.92. The second-order valence-corrected chi connectivity index (χ2v) is 4.04. The zero-order chi connectivity index (χ0) is 9.19. The van der Waals surface area contributed by atoms with Crippen molar-refractivity contribution in [2.45, 2.75) is 45.2 Å². The molecule has 1 saturated carbocycles. The first-order chi connectivity index (χ1) is 5.66. The molecule has 12 heavy (non-hydrogen) atoms. The van der Waals surface area contributed by atoms with Gasteiger partial charge in [-0.1, -0.05) is 6.92 Å². The van der Waals surface area contributed by atoms with Gasteiger partial charge in [-0.2, -0.15) is 0 Å². The Hall–Kier alpha value is -0.0800. The minimum absolute atomic E-state index is 0.400. The lowest BCUT2D eigenvalue weighted by Gasteiger charge is -2.33. The molecule has 0 spiro atoms.